The van der Waals surface area contributed by atoms with Gasteiger partial charge in [-0.1, -0.05) is 47.7 Å². The predicted octanol–water partition coefficient (Wildman–Crippen LogP) is 4.08. The third-order valence-corrected chi connectivity index (χ3v) is 5.48. The lowest BCUT2D eigenvalue weighted by Gasteiger charge is -2.04. The van der Waals surface area contributed by atoms with Gasteiger partial charge in [-0.15, -0.1) is 5.10 Å². The van der Waals surface area contributed by atoms with Crippen LogP contribution >= 0.6 is 11.3 Å². The molecule has 6 nitrogen and oxygen atoms in total. The fourth-order valence-electron chi connectivity index (χ4n) is 2.97. The van der Waals surface area contributed by atoms with Crippen LogP contribution in [0, 0.1) is 6.92 Å². The number of benzene rings is 2. The normalized spacial score (nSPS) is 11.9. The molecule has 2 aromatic carbocycles. The minimum atomic E-state index is -0.459. The first kappa shape index (κ1) is 17.2. The number of methoxy groups -OCH3 is 2. The Balaban J connectivity index is 1.79. The summed E-state index contributed by atoms with van der Waals surface area (Å²) in [5.74, 6) is 0.191. The van der Waals surface area contributed by atoms with Gasteiger partial charge in [-0.05, 0) is 23.8 Å². The maximum Gasteiger partial charge on any atom is 0.342 e. The van der Waals surface area contributed by atoms with Crippen LogP contribution in [0.4, 0.5) is 0 Å². The monoisotopic (exact) mass is 379 g/mol. The quantitative estimate of drug-likeness (QED) is 0.304. The summed E-state index contributed by atoms with van der Waals surface area (Å²) in [5.41, 5.74) is 2.11. The zero-order valence-corrected chi connectivity index (χ0v) is 15.9. The fourth-order valence-corrected chi connectivity index (χ4v) is 4.02. The number of ether oxygens (including phenoxy) is 2. The minimum absolute atomic E-state index is 0.349. The number of hydrogen-bond donors (Lipinski definition) is 0. The van der Waals surface area contributed by atoms with Gasteiger partial charge in [-0.25, -0.2) is 9.31 Å². The van der Waals surface area contributed by atoms with Crippen LogP contribution in [0.2, 0.25) is 0 Å². The van der Waals surface area contributed by atoms with Gasteiger partial charge in [0.1, 0.15) is 5.57 Å². The highest BCUT2D eigenvalue weighted by Gasteiger charge is 2.22. The van der Waals surface area contributed by atoms with Gasteiger partial charge in [0.2, 0.25) is 4.96 Å². The van der Waals surface area contributed by atoms with Crippen molar-refractivity contribution in [2.45, 2.75) is 6.92 Å². The van der Waals surface area contributed by atoms with E-state index in [0.717, 1.165) is 21.5 Å². The Kier molecular flexibility index (Phi) is 4.37. The van der Waals surface area contributed by atoms with Crippen LogP contribution in [0.25, 0.3) is 32.7 Å². The van der Waals surface area contributed by atoms with Gasteiger partial charge in [0.15, 0.2) is 5.82 Å². The summed E-state index contributed by atoms with van der Waals surface area (Å²) in [4.78, 5) is 18.1. The Bertz CT molecular complexity index is 1190. The van der Waals surface area contributed by atoms with E-state index < -0.39 is 5.97 Å². The predicted molar refractivity (Wildman–Crippen MR) is 106 cm³/mol. The van der Waals surface area contributed by atoms with Crippen molar-refractivity contribution in [3.8, 4) is 11.4 Å². The molecule has 0 unspecified atom stereocenters. The number of aryl methyl sites for hydroxylation is 1. The Morgan fingerprint density at radius 2 is 1.93 bits per heavy atom. The highest BCUT2D eigenvalue weighted by molar-refractivity contribution is 7.18. The van der Waals surface area contributed by atoms with Crippen LogP contribution in [-0.4, -0.2) is 34.8 Å². The lowest BCUT2D eigenvalue weighted by Crippen LogP contribution is -2.05. The van der Waals surface area contributed by atoms with E-state index in [1.807, 2.05) is 25.1 Å². The number of carbonyl (C=O) groups is 1. The molecule has 4 aromatic rings. The zero-order valence-electron chi connectivity index (χ0n) is 15.1. The number of hydrogen-bond acceptors (Lipinski definition) is 6. The summed E-state index contributed by atoms with van der Waals surface area (Å²) in [5, 5.41) is 6.95. The summed E-state index contributed by atoms with van der Waals surface area (Å²) in [6.07, 6.45) is 1.38. The Labute approximate surface area is 159 Å². The molecule has 0 saturated heterocycles. The lowest BCUT2D eigenvalue weighted by atomic mass is 10.1. The van der Waals surface area contributed by atoms with Crippen molar-refractivity contribution in [2.24, 2.45) is 0 Å². The van der Waals surface area contributed by atoms with E-state index >= 15 is 0 Å². The summed E-state index contributed by atoms with van der Waals surface area (Å²) < 4.78 is 11.6. The number of fused-ring (bicyclic) bond motifs is 2. The SMILES string of the molecule is COC=C(C(=O)OC)c1sc2nc(-c3ccc4ccccc4c3)nn2c1C. The Morgan fingerprint density at radius 3 is 2.63 bits per heavy atom. The molecule has 4 rings (SSSR count). The molecule has 2 aromatic heterocycles. The van der Waals surface area contributed by atoms with E-state index in [2.05, 4.69) is 34.3 Å². The highest BCUT2D eigenvalue weighted by atomic mass is 32.1. The van der Waals surface area contributed by atoms with Gasteiger partial charge in [0, 0.05) is 5.56 Å². The summed E-state index contributed by atoms with van der Waals surface area (Å²) >= 11 is 1.38. The molecular formula is C20H17N3O3S. The van der Waals surface area contributed by atoms with Crippen LogP contribution in [0.15, 0.2) is 48.7 Å². The summed E-state index contributed by atoms with van der Waals surface area (Å²) in [6, 6.07) is 14.3. The van der Waals surface area contributed by atoms with Crippen LogP contribution in [0.1, 0.15) is 10.6 Å². The molecule has 0 amide bonds. The minimum Gasteiger partial charge on any atom is -0.503 e. The zero-order chi connectivity index (χ0) is 19.0. The standard InChI is InChI=1S/C20H17N3O3S/c1-12-17(16(11-25-2)19(24)26-3)27-20-21-18(22-23(12)20)15-9-8-13-6-4-5-7-14(13)10-15/h4-11H,1-3H3. The van der Waals surface area contributed by atoms with Gasteiger partial charge in [-0.2, -0.15) is 4.98 Å². The van der Waals surface area contributed by atoms with Crippen LogP contribution in [-0.2, 0) is 14.3 Å². The lowest BCUT2D eigenvalue weighted by molar-refractivity contribution is -0.133. The fraction of sp³-hybridized carbons (Fsp3) is 0.150. The van der Waals surface area contributed by atoms with Gasteiger partial charge in [0.05, 0.1) is 31.1 Å². The second-order valence-electron chi connectivity index (χ2n) is 5.97. The first-order valence-electron chi connectivity index (χ1n) is 8.29. The van der Waals surface area contributed by atoms with E-state index in [4.69, 9.17) is 9.47 Å². The number of carbonyl (C=O) groups excluding carboxylic acids is 1. The van der Waals surface area contributed by atoms with E-state index in [1.54, 1.807) is 4.52 Å². The van der Waals surface area contributed by atoms with Gasteiger partial charge in [-0.3, -0.25) is 0 Å². The molecule has 0 atom stereocenters. The Morgan fingerprint density at radius 1 is 1.15 bits per heavy atom. The molecule has 27 heavy (non-hydrogen) atoms. The van der Waals surface area contributed by atoms with Crippen LogP contribution in [0.5, 0.6) is 0 Å². The third kappa shape index (κ3) is 2.96. The van der Waals surface area contributed by atoms with Crippen molar-refractivity contribution in [1.82, 2.24) is 14.6 Å². The maximum atomic E-state index is 12.1. The molecule has 0 spiro atoms. The topological polar surface area (TPSA) is 65.7 Å². The molecule has 0 aliphatic rings. The molecule has 0 radical (unpaired) electrons. The number of esters is 1. The number of aromatic nitrogens is 3. The average molecular weight is 379 g/mol. The molecule has 2 heterocycles. The van der Waals surface area contributed by atoms with Crippen LogP contribution < -0.4 is 0 Å². The number of rotatable bonds is 4. The molecule has 0 bridgehead atoms. The first-order valence-corrected chi connectivity index (χ1v) is 9.11. The van der Waals surface area contributed by atoms with E-state index in [0.29, 0.717) is 16.4 Å². The van der Waals surface area contributed by atoms with Crippen molar-refractivity contribution in [3.63, 3.8) is 0 Å². The van der Waals surface area contributed by atoms with Crippen molar-refractivity contribution >= 4 is 38.6 Å². The van der Waals surface area contributed by atoms with Crippen molar-refractivity contribution < 1.29 is 14.3 Å². The Hall–Kier alpha value is -3.19. The highest BCUT2D eigenvalue weighted by Crippen LogP contribution is 2.31. The van der Waals surface area contributed by atoms with Crippen molar-refractivity contribution in [3.05, 3.63) is 59.3 Å². The third-order valence-electron chi connectivity index (χ3n) is 4.31. The second kappa shape index (κ2) is 6.85. The average Bonchev–Trinajstić information content (AvgIpc) is 3.25. The molecular weight excluding hydrogens is 362 g/mol. The molecule has 0 fully saturated rings. The first-order chi connectivity index (χ1) is 13.1. The molecule has 136 valence electrons. The van der Waals surface area contributed by atoms with Gasteiger partial charge >= 0.3 is 5.97 Å². The van der Waals surface area contributed by atoms with Crippen molar-refractivity contribution in [2.75, 3.05) is 14.2 Å². The second-order valence-corrected chi connectivity index (χ2v) is 6.94. The van der Waals surface area contributed by atoms with E-state index in [9.17, 15) is 4.79 Å². The summed E-state index contributed by atoms with van der Waals surface area (Å²) in [6.45, 7) is 1.89. The summed E-state index contributed by atoms with van der Waals surface area (Å²) in [7, 11) is 2.84. The molecule has 0 saturated carbocycles. The van der Waals surface area contributed by atoms with Gasteiger partial charge < -0.3 is 9.47 Å². The smallest absolute Gasteiger partial charge is 0.342 e. The number of nitrogens with zero attached hydrogens (tertiary/aromatic N) is 3. The molecule has 0 aliphatic heterocycles. The largest absolute Gasteiger partial charge is 0.503 e. The van der Waals surface area contributed by atoms with E-state index in [1.165, 1.54) is 37.2 Å². The maximum absolute atomic E-state index is 12.1. The van der Waals surface area contributed by atoms with Crippen LogP contribution in [0.3, 0.4) is 0 Å². The molecule has 0 aliphatic carbocycles. The van der Waals surface area contributed by atoms with Crippen molar-refractivity contribution in [1.29, 1.82) is 0 Å². The molecule has 7 heteroatoms. The van der Waals surface area contributed by atoms with Gasteiger partial charge in [0.25, 0.3) is 0 Å². The number of thiazole rings is 1. The van der Waals surface area contributed by atoms with E-state index in [-0.39, 0.29) is 0 Å². The molecule has 0 N–H and O–H groups in total.